The standard InChI is InChI=1S/C33H25NO/c1-33(2)29-12-6-3-9-24(29)25-18-16-22(20-30(25)33)34-21-15-17-23-26-10-4-7-13-31(26)35-32-14-8-5-11-27(32)28(23)19-21/h3-20,34H,1-2H3. The Morgan fingerprint density at radius 3 is 1.77 bits per heavy atom. The Bertz CT molecular complexity index is 1630. The highest BCUT2D eigenvalue weighted by Crippen LogP contribution is 2.50. The summed E-state index contributed by atoms with van der Waals surface area (Å²) in [4.78, 5) is 0. The van der Waals surface area contributed by atoms with Crippen LogP contribution in [-0.2, 0) is 5.41 Å². The number of hydrogen-bond acceptors (Lipinski definition) is 2. The van der Waals surface area contributed by atoms with Gasteiger partial charge in [0.2, 0.25) is 0 Å². The first-order chi connectivity index (χ1) is 17.1. The Labute approximate surface area is 205 Å². The lowest BCUT2D eigenvalue weighted by Crippen LogP contribution is -2.15. The van der Waals surface area contributed by atoms with E-state index in [1.807, 2.05) is 24.3 Å². The number of hydrogen-bond donors (Lipinski definition) is 1. The lowest BCUT2D eigenvalue weighted by molar-refractivity contribution is 0.488. The molecule has 2 aliphatic rings. The van der Waals surface area contributed by atoms with Gasteiger partial charge in [-0.05, 0) is 69.8 Å². The second-order valence-electron chi connectivity index (χ2n) is 9.91. The zero-order chi connectivity index (χ0) is 23.6. The molecule has 2 heteroatoms. The number of para-hydroxylation sites is 2. The van der Waals surface area contributed by atoms with Gasteiger partial charge < -0.3 is 10.1 Å². The minimum absolute atomic E-state index is 0.0165. The highest BCUT2D eigenvalue weighted by molar-refractivity contribution is 5.92. The summed E-state index contributed by atoms with van der Waals surface area (Å²) in [5.74, 6) is 1.77. The summed E-state index contributed by atoms with van der Waals surface area (Å²) in [5.41, 5.74) is 12.2. The smallest absolute Gasteiger partial charge is 0.135 e. The van der Waals surface area contributed by atoms with Crippen molar-refractivity contribution >= 4 is 11.4 Å². The third kappa shape index (κ3) is 3.03. The molecule has 0 saturated carbocycles. The van der Waals surface area contributed by atoms with E-state index in [-0.39, 0.29) is 5.41 Å². The van der Waals surface area contributed by atoms with Gasteiger partial charge >= 0.3 is 0 Å². The minimum atomic E-state index is -0.0165. The van der Waals surface area contributed by atoms with E-state index >= 15 is 0 Å². The van der Waals surface area contributed by atoms with Crippen molar-refractivity contribution in [2.24, 2.45) is 0 Å². The third-order valence-electron chi connectivity index (χ3n) is 7.47. The zero-order valence-corrected chi connectivity index (χ0v) is 19.8. The van der Waals surface area contributed by atoms with Crippen molar-refractivity contribution < 1.29 is 4.74 Å². The Morgan fingerprint density at radius 2 is 1.03 bits per heavy atom. The van der Waals surface area contributed by atoms with Gasteiger partial charge in [0.05, 0.1) is 0 Å². The van der Waals surface area contributed by atoms with E-state index in [0.29, 0.717) is 0 Å². The van der Waals surface area contributed by atoms with Crippen LogP contribution in [0.15, 0.2) is 109 Å². The van der Waals surface area contributed by atoms with Crippen LogP contribution < -0.4 is 10.1 Å². The van der Waals surface area contributed by atoms with Crippen molar-refractivity contribution in [1.29, 1.82) is 0 Å². The first-order valence-corrected chi connectivity index (χ1v) is 12.1. The summed E-state index contributed by atoms with van der Waals surface area (Å²) in [7, 11) is 0. The maximum atomic E-state index is 6.33. The van der Waals surface area contributed by atoms with Crippen LogP contribution in [-0.4, -0.2) is 0 Å². The number of ether oxygens (including phenoxy) is 1. The van der Waals surface area contributed by atoms with Gasteiger partial charge in [-0.15, -0.1) is 0 Å². The summed E-state index contributed by atoms with van der Waals surface area (Å²) >= 11 is 0. The average Bonchev–Trinajstić information content (AvgIpc) is 3.02. The fraction of sp³-hybridized carbons (Fsp3) is 0.0909. The van der Waals surface area contributed by atoms with E-state index in [9.17, 15) is 0 Å². The molecule has 1 aliphatic carbocycles. The van der Waals surface area contributed by atoms with Gasteiger partial charge in [-0.2, -0.15) is 0 Å². The average molecular weight is 452 g/mol. The molecule has 0 atom stereocenters. The topological polar surface area (TPSA) is 21.3 Å². The van der Waals surface area contributed by atoms with Gasteiger partial charge in [0.15, 0.2) is 0 Å². The molecule has 0 bridgehead atoms. The van der Waals surface area contributed by atoms with Gasteiger partial charge in [0.25, 0.3) is 0 Å². The van der Waals surface area contributed by atoms with Gasteiger partial charge in [-0.3, -0.25) is 0 Å². The molecule has 0 unspecified atom stereocenters. The van der Waals surface area contributed by atoms with Gasteiger partial charge in [-0.25, -0.2) is 0 Å². The predicted molar refractivity (Wildman–Crippen MR) is 145 cm³/mol. The van der Waals surface area contributed by atoms with Gasteiger partial charge in [0, 0.05) is 27.9 Å². The van der Waals surface area contributed by atoms with Crippen LogP contribution in [0.5, 0.6) is 11.5 Å². The number of anilines is 2. The zero-order valence-electron chi connectivity index (χ0n) is 19.8. The largest absolute Gasteiger partial charge is 0.456 e. The Hall–Kier alpha value is -4.30. The SMILES string of the molecule is CC1(C)c2ccccc2-c2ccc(Nc3ccc4c(c3)-c3ccccc3Oc3ccccc3-4)cc21. The fourth-order valence-electron chi connectivity index (χ4n) is 5.70. The number of fused-ring (bicyclic) bond motifs is 8. The third-order valence-corrected chi connectivity index (χ3v) is 7.47. The molecule has 0 fully saturated rings. The van der Waals surface area contributed by atoms with Crippen LogP contribution in [0, 0.1) is 0 Å². The minimum Gasteiger partial charge on any atom is -0.456 e. The van der Waals surface area contributed by atoms with Crippen molar-refractivity contribution in [3.63, 3.8) is 0 Å². The van der Waals surface area contributed by atoms with Crippen molar-refractivity contribution in [2.75, 3.05) is 5.32 Å². The van der Waals surface area contributed by atoms with Crippen molar-refractivity contribution in [1.82, 2.24) is 0 Å². The number of rotatable bonds is 2. The molecule has 0 spiro atoms. The first-order valence-electron chi connectivity index (χ1n) is 12.1. The van der Waals surface area contributed by atoms with Crippen molar-refractivity contribution in [3.05, 3.63) is 120 Å². The molecule has 1 N–H and O–H groups in total. The lowest BCUT2D eigenvalue weighted by Gasteiger charge is -2.22. The van der Waals surface area contributed by atoms with Crippen LogP contribution in [0.25, 0.3) is 33.4 Å². The van der Waals surface area contributed by atoms with E-state index in [4.69, 9.17) is 4.74 Å². The van der Waals surface area contributed by atoms with E-state index < -0.39 is 0 Å². The van der Waals surface area contributed by atoms with Crippen LogP contribution in [0.3, 0.4) is 0 Å². The highest BCUT2D eigenvalue weighted by Gasteiger charge is 2.35. The van der Waals surface area contributed by atoms with Crippen LogP contribution >= 0.6 is 0 Å². The molecule has 5 aromatic rings. The van der Waals surface area contributed by atoms with Gasteiger partial charge in [-0.1, -0.05) is 86.6 Å². The molecular weight excluding hydrogens is 426 g/mol. The maximum absolute atomic E-state index is 6.33. The molecular formula is C33H25NO. The molecule has 7 rings (SSSR count). The Balaban J connectivity index is 1.32. The maximum Gasteiger partial charge on any atom is 0.135 e. The predicted octanol–water partition coefficient (Wildman–Crippen LogP) is 9.18. The number of nitrogens with one attached hydrogen (secondary N) is 1. The van der Waals surface area contributed by atoms with Gasteiger partial charge in [0.1, 0.15) is 11.5 Å². The summed E-state index contributed by atoms with van der Waals surface area (Å²) < 4.78 is 6.33. The second kappa shape index (κ2) is 7.35. The summed E-state index contributed by atoms with van der Waals surface area (Å²) in [5, 5.41) is 3.68. The molecule has 0 saturated heterocycles. The monoisotopic (exact) mass is 451 g/mol. The normalized spacial score (nSPS) is 13.9. The molecule has 1 aliphatic heterocycles. The fourth-order valence-corrected chi connectivity index (χ4v) is 5.70. The molecule has 0 amide bonds. The van der Waals surface area contributed by atoms with Crippen LogP contribution in [0.4, 0.5) is 11.4 Å². The first kappa shape index (κ1) is 20.1. The van der Waals surface area contributed by atoms with Crippen LogP contribution in [0.2, 0.25) is 0 Å². The van der Waals surface area contributed by atoms with E-state index in [1.54, 1.807) is 0 Å². The number of benzene rings is 5. The quantitative estimate of drug-likeness (QED) is 0.283. The molecule has 168 valence electrons. The van der Waals surface area contributed by atoms with Crippen molar-refractivity contribution in [2.45, 2.75) is 19.3 Å². The summed E-state index contributed by atoms with van der Waals surface area (Å²) in [6.45, 7) is 4.64. The summed E-state index contributed by atoms with van der Waals surface area (Å²) in [6.07, 6.45) is 0. The van der Waals surface area contributed by atoms with E-state index in [2.05, 4.69) is 104 Å². The molecule has 5 aromatic carbocycles. The molecule has 0 radical (unpaired) electrons. The molecule has 0 aromatic heterocycles. The highest BCUT2D eigenvalue weighted by atomic mass is 16.5. The molecule has 1 heterocycles. The summed E-state index contributed by atoms with van der Waals surface area (Å²) in [6, 6.07) is 38.7. The molecule has 2 nitrogen and oxygen atoms in total. The van der Waals surface area contributed by atoms with Crippen molar-refractivity contribution in [3.8, 4) is 44.9 Å². The lowest BCUT2D eigenvalue weighted by atomic mass is 9.82. The Morgan fingerprint density at radius 1 is 0.486 bits per heavy atom. The van der Waals surface area contributed by atoms with E-state index in [0.717, 1.165) is 34.0 Å². The van der Waals surface area contributed by atoms with Crippen LogP contribution in [0.1, 0.15) is 25.0 Å². The van der Waals surface area contributed by atoms with E-state index in [1.165, 1.54) is 33.4 Å². The Kier molecular flexibility index (Phi) is 4.22. The molecule has 35 heavy (non-hydrogen) atoms. The second-order valence-corrected chi connectivity index (χ2v) is 9.91.